The normalized spacial score (nSPS) is 36.6. The monoisotopic (exact) mass is 241 g/mol. The smallest absolute Gasteiger partial charge is 0.222 e. The van der Waals surface area contributed by atoms with Gasteiger partial charge in [-0.15, -0.1) is 0 Å². The molecule has 2 nitrogen and oxygen atoms in total. The number of allylic oxidation sites excluding steroid dienone is 2. The molecule has 0 unspecified atom stereocenters. The number of fused-ring (bicyclic) bond motifs is 1. The first kappa shape index (κ1) is 12.1. The Morgan fingerprint density at radius 1 is 1.69 bits per heavy atom. The Hall–Kier alpha value is -0.340. The van der Waals surface area contributed by atoms with Crippen LogP contribution in [-0.2, 0) is 4.79 Å². The van der Waals surface area contributed by atoms with Gasteiger partial charge in [-0.3, -0.25) is 4.79 Å². The van der Waals surface area contributed by atoms with Crippen molar-refractivity contribution in [2.75, 3.05) is 13.6 Å². The molecule has 0 saturated heterocycles. The molecule has 0 aromatic carbocycles. The van der Waals surface area contributed by atoms with Gasteiger partial charge in [-0.2, -0.15) is 0 Å². The van der Waals surface area contributed by atoms with Crippen molar-refractivity contribution in [2.24, 2.45) is 17.3 Å². The van der Waals surface area contributed by atoms with Crippen LogP contribution in [0, 0.1) is 17.3 Å². The van der Waals surface area contributed by atoms with Gasteiger partial charge in [0.05, 0.1) is 0 Å². The fraction of sp³-hybridized carbons (Fsp3) is 0.769. The van der Waals surface area contributed by atoms with Gasteiger partial charge in [-0.1, -0.05) is 18.6 Å². The number of hydrogen-bond donors (Lipinski definition) is 1. The molecule has 3 atom stereocenters. The molecule has 3 heteroatoms. The van der Waals surface area contributed by atoms with Crippen molar-refractivity contribution in [1.82, 2.24) is 5.32 Å². The van der Waals surface area contributed by atoms with Gasteiger partial charge in [-0.25, -0.2) is 0 Å². The third-order valence-corrected chi connectivity index (χ3v) is 4.43. The van der Waals surface area contributed by atoms with Crippen molar-refractivity contribution >= 4 is 16.8 Å². The minimum absolute atomic E-state index is 0.106. The third kappa shape index (κ3) is 1.93. The highest BCUT2D eigenvalue weighted by Gasteiger charge is 2.54. The summed E-state index contributed by atoms with van der Waals surface area (Å²) in [6.45, 7) is 3.11. The first-order valence-electron chi connectivity index (χ1n) is 6.14. The second kappa shape index (κ2) is 4.50. The van der Waals surface area contributed by atoms with E-state index in [0.29, 0.717) is 12.3 Å². The predicted octanol–water partition coefficient (Wildman–Crippen LogP) is 2.72. The van der Waals surface area contributed by atoms with Crippen molar-refractivity contribution in [3.8, 4) is 0 Å². The van der Waals surface area contributed by atoms with Crippen LogP contribution >= 0.6 is 11.6 Å². The zero-order chi connectivity index (χ0) is 11.8. The number of hydrogen-bond acceptors (Lipinski definition) is 2. The van der Waals surface area contributed by atoms with E-state index < -0.39 is 0 Å². The van der Waals surface area contributed by atoms with Crippen LogP contribution < -0.4 is 5.32 Å². The summed E-state index contributed by atoms with van der Waals surface area (Å²) in [6.07, 6.45) is 6.47. The molecule has 2 aliphatic rings. The van der Waals surface area contributed by atoms with Crippen molar-refractivity contribution < 1.29 is 4.79 Å². The van der Waals surface area contributed by atoms with Crippen molar-refractivity contribution in [1.29, 1.82) is 0 Å². The van der Waals surface area contributed by atoms with Gasteiger partial charge in [0.25, 0.3) is 0 Å². The second-order valence-corrected chi connectivity index (χ2v) is 5.72. The van der Waals surface area contributed by atoms with E-state index in [-0.39, 0.29) is 10.7 Å². The summed E-state index contributed by atoms with van der Waals surface area (Å²) in [5, 5.41) is 3.03. The molecule has 1 saturated carbocycles. The maximum Gasteiger partial charge on any atom is 0.222 e. The highest BCUT2D eigenvalue weighted by atomic mass is 35.5. The fourth-order valence-electron chi connectivity index (χ4n) is 3.63. The molecule has 0 aromatic rings. The molecule has 2 rings (SSSR count). The predicted molar refractivity (Wildman–Crippen MR) is 66.4 cm³/mol. The van der Waals surface area contributed by atoms with Gasteiger partial charge in [0.1, 0.15) is 0 Å². The van der Waals surface area contributed by atoms with Gasteiger partial charge in [0.15, 0.2) is 0 Å². The summed E-state index contributed by atoms with van der Waals surface area (Å²) in [7, 11) is 1.95. The molecule has 0 aliphatic heterocycles. The number of halogens is 1. The van der Waals surface area contributed by atoms with Crippen LogP contribution in [0.4, 0.5) is 0 Å². The average Bonchev–Trinajstić information content (AvgIpc) is 2.55. The fourth-order valence-corrected chi connectivity index (χ4v) is 3.90. The van der Waals surface area contributed by atoms with Crippen LogP contribution in [0.5, 0.6) is 0 Å². The van der Waals surface area contributed by atoms with Gasteiger partial charge in [-0.05, 0) is 55.2 Å². The average molecular weight is 242 g/mol. The standard InChI is InChI=1S/C13H20ClNO/c1-3-9-4-10-6-13(8-15-2,7-12(14)16)11(10)5-9/h5,10-11,15H,3-4,6-8H2,1-2H3/t10-,11-,13-/m0/s1. The third-order valence-electron chi connectivity index (χ3n) is 4.30. The van der Waals surface area contributed by atoms with E-state index in [9.17, 15) is 4.79 Å². The van der Waals surface area contributed by atoms with Crippen LogP contribution in [0.2, 0.25) is 0 Å². The van der Waals surface area contributed by atoms with E-state index in [4.69, 9.17) is 11.6 Å². The molecule has 0 radical (unpaired) electrons. The van der Waals surface area contributed by atoms with Crippen molar-refractivity contribution in [2.45, 2.75) is 32.6 Å². The highest BCUT2D eigenvalue weighted by molar-refractivity contribution is 6.63. The van der Waals surface area contributed by atoms with Crippen molar-refractivity contribution in [3.05, 3.63) is 11.6 Å². The molecule has 0 spiro atoms. The van der Waals surface area contributed by atoms with Gasteiger partial charge in [0, 0.05) is 13.0 Å². The lowest BCUT2D eigenvalue weighted by Crippen LogP contribution is -2.51. The molecule has 0 aromatic heterocycles. The maximum atomic E-state index is 11.2. The minimum atomic E-state index is -0.188. The van der Waals surface area contributed by atoms with Crippen molar-refractivity contribution in [3.63, 3.8) is 0 Å². The van der Waals surface area contributed by atoms with Gasteiger partial charge >= 0.3 is 0 Å². The van der Waals surface area contributed by atoms with Gasteiger partial charge < -0.3 is 5.32 Å². The van der Waals surface area contributed by atoms with Crippen LogP contribution in [0.15, 0.2) is 11.6 Å². The summed E-state index contributed by atoms with van der Waals surface area (Å²) in [5.74, 6) is 1.36. The molecular formula is C13H20ClNO. The van der Waals surface area contributed by atoms with Crippen LogP contribution in [-0.4, -0.2) is 18.8 Å². The van der Waals surface area contributed by atoms with E-state index in [1.165, 1.54) is 6.42 Å². The van der Waals surface area contributed by atoms with E-state index in [1.807, 2.05) is 7.05 Å². The molecule has 1 fully saturated rings. The Balaban J connectivity index is 2.11. The topological polar surface area (TPSA) is 29.1 Å². The van der Waals surface area contributed by atoms with E-state index >= 15 is 0 Å². The van der Waals surface area contributed by atoms with E-state index in [0.717, 1.165) is 25.3 Å². The summed E-state index contributed by atoms with van der Waals surface area (Å²) in [5.41, 5.74) is 1.67. The quantitative estimate of drug-likeness (QED) is 0.592. The zero-order valence-electron chi connectivity index (χ0n) is 10.1. The summed E-state index contributed by atoms with van der Waals surface area (Å²) in [6, 6.07) is 0. The highest BCUT2D eigenvalue weighted by Crippen LogP contribution is 2.59. The lowest BCUT2D eigenvalue weighted by Gasteiger charge is -2.52. The molecule has 0 amide bonds. The lowest BCUT2D eigenvalue weighted by molar-refractivity contribution is -0.118. The van der Waals surface area contributed by atoms with Crippen LogP contribution in [0.25, 0.3) is 0 Å². The Kier molecular flexibility index (Phi) is 3.41. The molecule has 2 aliphatic carbocycles. The number of nitrogens with one attached hydrogen (secondary N) is 1. The Labute approximate surface area is 102 Å². The minimum Gasteiger partial charge on any atom is -0.319 e. The molecule has 16 heavy (non-hydrogen) atoms. The first-order valence-corrected chi connectivity index (χ1v) is 6.51. The largest absolute Gasteiger partial charge is 0.319 e. The van der Waals surface area contributed by atoms with E-state index in [2.05, 4.69) is 18.3 Å². The number of rotatable bonds is 5. The second-order valence-electron chi connectivity index (χ2n) is 5.30. The van der Waals surface area contributed by atoms with Gasteiger partial charge in [0.2, 0.25) is 5.24 Å². The van der Waals surface area contributed by atoms with Crippen LogP contribution in [0.1, 0.15) is 32.6 Å². The first-order chi connectivity index (χ1) is 7.61. The molecule has 1 N–H and O–H groups in total. The Morgan fingerprint density at radius 3 is 3.00 bits per heavy atom. The van der Waals surface area contributed by atoms with Crippen LogP contribution in [0.3, 0.4) is 0 Å². The molecule has 90 valence electrons. The number of carbonyl (C=O) groups excluding carboxylic acids is 1. The zero-order valence-corrected chi connectivity index (χ0v) is 10.8. The summed E-state index contributed by atoms with van der Waals surface area (Å²) >= 11 is 5.58. The van der Waals surface area contributed by atoms with E-state index in [1.54, 1.807) is 5.57 Å². The summed E-state index contributed by atoms with van der Waals surface area (Å²) in [4.78, 5) is 11.2. The Morgan fingerprint density at radius 2 is 2.44 bits per heavy atom. The molecule has 0 bridgehead atoms. The SMILES string of the molecule is CCC1=C[C@H]2[C@@H](C1)C[C@@]2(CNC)CC(=O)Cl. The Bertz CT molecular complexity index is 326. The number of carbonyl (C=O) groups is 1. The molecular weight excluding hydrogens is 222 g/mol. The maximum absolute atomic E-state index is 11.2. The lowest BCUT2D eigenvalue weighted by atomic mass is 9.53. The molecule has 0 heterocycles. The summed E-state index contributed by atoms with van der Waals surface area (Å²) < 4.78 is 0.